The molecule has 0 aromatic heterocycles. The van der Waals surface area contributed by atoms with Gasteiger partial charge in [0.25, 0.3) is 5.69 Å². The molecule has 0 N–H and O–H groups in total. The van der Waals surface area contributed by atoms with Crippen LogP contribution in [0.15, 0.2) is 18.2 Å². The van der Waals surface area contributed by atoms with E-state index in [1.807, 2.05) is 13.8 Å². The summed E-state index contributed by atoms with van der Waals surface area (Å²) < 4.78 is 10.6. The average molecular weight is 279 g/mol. The standard InChI is InChI=1S/C14H17NO5/c1-9(2)20-14-8-12(15(17)18)11(6-5-10(3)16)7-13(14)19-4/h5-9H,1-4H3/b6-5+. The molecule has 0 unspecified atom stereocenters. The first-order chi connectivity index (χ1) is 9.35. The van der Waals surface area contributed by atoms with Crippen molar-refractivity contribution < 1.29 is 19.2 Å². The van der Waals surface area contributed by atoms with Crippen molar-refractivity contribution in [3.63, 3.8) is 0 Å². The van der Waals surface area contributed by atoms with E-state index in [2.05, 4.69) is 0 Å². The van der Waals surface area contributed by atoms with Gasteiger partial charge < -0.3 is 9.47 Å². The van der Waals surface area contributed by atoms with Crippen LogP contribution in [0.25, 0.3) is 6.08 Å². The third kappa shape index (κ3) is 4.08. The van der Waals surface area contributed by atoms with Crippen LogP contribution in [0.1, 0.15) is 26.3 Å². The lowest BCUT2D eigenvalue weighted by molar-refractivity contribution is -0.385. The minimum Gasteiger partial charge on any atom is -0.493 e. The molecule has 0 aliphatic heterocycles. The number of rotatable bonds is 6. The minimum absolute atomic E-state index is 0.137. The van der Waals surface area contributed by atoms with Gasteiger partial charge in [-0.25, -0.2) is 0 Å². The Hall–Kier alpha value is -2.37. The molecule has 0 aliphatic carbocycles. The molecule has 0 amide bonds. The van der Waals surface area contributed by atoms with E-state index in [0.717, 1.165) is 0 Å². The Balaban J connectivity index is 3.36. The zero-order valence-corrected chi connectivity index (χ0v) is 11.9. The van der Waals surface area contributed by atoms with Crippen LogP contribution in [0.5, 0.6) is 11.5 Å². The molecule has 20 heavy (non-hydrogen) atoms. The van der Waals surface area contributed by atoms with E-state index >= 15 is 0 Å². The Morgan fingerprint density at radius 1 is 1.35 bits per heavy atom. The number of hydrogen-bond donors (Lipinski definition) is 0. The van der Waals surface area contributed by atoms with Crippen LogP contribution >= 0.6 is 0 Å². The van der Waals surface area contributed by atoms with Crippen LogP contribution in [0.4, 0.5) is 5.69 Å². The smallest absolute Gasteiger partial charge is 0.280 e. The summed E-state index contributed by atoms with van der Waals surface area (Å²) in [6.07, 6.45) is 2.52. The first-order valence-electron chi connectivity index (χ1n) is 6.07. The van der Waals surface area contributed by atoms with Crippen molar-refractivity contribution in [1.29, 1.82) is 0 Å². The quantitative estimate of drug-likeness (QED) is 0.454. The van der Waals surface area contributed by atoms with Crippen molar-refractivity contribution in [1.82, 2.24) is 0 Å². The second-order valence-corrected chi connectivity index (χ2v) is 4.43. The number of methoxy groups -OCH3 is 1. The third-order valence-electron chi connectivity index (χ3n) is 2.37. The predicted octanol–water partition coefficient (Wildman–Crippen LogP) is 2.99. The summed E-state index contributed by atoms with van der Waals surface area (Å²) in [6.45, 7) is 5.00. The van der Waals surface area contributed by atoms with Gasteiger partial charge in [-0.3, -0.25) is 14.9 Å². The van der Waals surface area contributed by atoms with Gasteiger partial charge in [0.15, 0.2) is 17.3 Å². The van der Waals surface area contributed by atoms with Gasteiger partial charge in [-0.2, -0.15) is 0 Å². The number of nitrogens with zero attached hydrogens (tertiary/aromatic N) is 1. The van der Waals surface area contributed by atoms with E-state index in [-0.39, 0.29) is 23.1 Å². The molecule has 0 radical (unpaired) electrons. The molecule has 0 saturated carbocycles. The maximum absolute atomic E-state index is 11.1. The number of ketones is 1. The molecule has 108 valence electrons. The molecule has 0 saturated heterocycles. The van der Waals surface area contributed by atoms with Gasteiger partial charge in [0.2, 0.25) is 0 Å². The van der Waals surface area contributed by atoms with E-state index in [9.17, 15) is 14.9 Å². The normalized spacial score (nSPS) is 10.8. The fraction of sp³-hybridized carbons (Fsp3) is 0.357. The zero-order valence-electron chi connectivity index (χ0n) is 11.9. The molecule has 0 spiro atoms. The second kappa shape index (κ2) is 6.70. The molecule has 0 fully saturated rings. The van der Waals surface area contributed by atoms with Gasteiger partial charge in [0.1, 0.15) is 0 Å². The number of carbonyl (C=O) groups excluding carboxylic acids is 1. The van der Waals surface area contributed by atoms with Crippen molar-refractivity contribution in [2.45, 2.75) is 26.9 Å². The second-order valence-electron chi connectivity index (χ2n) is 4.43. The number of benzene rings is 1. The Bertz CT molecular complexity index is 549. The van der Waals surface area contributed by atoms with Gasteiger partial charge in [0, 0.05) is 0 Å². The number of carbonyl (C=O) groups is 1. The van der Waals surface area contributed by atoms with Crippen molar-refractivity contribution in [3.05, 3.63) is 33.9 Å². The van der Waals surface area contributed by atoms with E-state index < -0.39 is 4.92 Å². The monoisotopic (exact) mass is 279 g/mol. The summed E-state index contributed by atoms with van der Waals surface area (Å²) in [4.78, 5) is 21.5. The largest absolute Gasteiger partial charge is 0.493 e. The van der Waals surface area contributed by atoms with Gasteiger partial charge in [-0.05, 0) is 39.0 Å². The number of nitro benzene ring substituents is 1. The highest BCUT2D eigenvalue weighted by molar-refractivity contribution is 5.92. The van der Waals surface area contributed by atoms with E-state index in [1.165, 1.54) is 38.3 Å². The Morgan fingerprint density at radius 3 is 2.45 bits per heavy atom. The van der Waals surface area contributed by atoms with Crippen LogP contribution in [0.3, 0.4) is 0 Å². The third-order valence-corrected chi connectivity index (χ3v) is 2.37. The zero-order chi connectivity index (χ0) is 15.3. The molecule has 0 heterocycles. The van der Waals surface area contributed by atoms with Crippen molar-refractivity contribution in [2.75, 3.05) is 7.11 Å². The Kier molecular flexibility index (Phi) is 5.25. The number of nitro groups is 1. The van der Waals surface area contributed by atoms with Crippen LogP contribution in [0, 0.1) is 10.1 Å². The molecule has 1 aromatic rings. The lowest BCUT2D eigenvalue weighted by atomic mass is 10.1. The molecule has 1 aromatic carbocycles. The Morgan fingerprint density at radius 2 is 2.00 bits per heavy atom. The summed E-state index contributed by atoms with van der Waals surface area (Å²) in [5.74, 6) is 0.488. The number of hydrogen-bond acceptors (Lipinski definition) is 5. The highest BCUT2D eigenvalue weighted by Crippen LogP contribution is 2.35. The fourth-order valence-corrected chi connectivity index (χ4v) is 1.57. The fourth-order valence-electron chi connectivity index (χ4n) is 1.57. The van der Waals surface area contributed by atoms with Crippen molar-refractivity contribution in [3.8, 4) is 11.5 Å². The van der Waals surface area contributed by atoms with Crippen molar-refractivity contribution in [2.24, 2.45) is 0 Å². The van der Waals surface area contributed by atoms with E-state index in [4.69, 9.17) is 9.47 Å². The molecule has 6 heteroatoms. The summed E-state index contributed by atoms with van der Waals surface area (Å²) in [6, 6.07) is 2.79. The lowest BCUT2D eigenvalue weighted by Crippen LogP contribution is -2.07. The van der Waals surface area contributed by atoms with E-state index in [0.29, 0.717) is 11.5 Å². The minimum atomic E-state index is -0.521. The van der Waals surface area contributed by atoms with Gasteiger partial charge in [-0.15, -0.1) is 0 Å². The van der Waals surface area contributed by atoms with Crippen LogP contribution in [-0.2, 0) is 4.79 Å². The predicted molar refractivity (Wildman–Crippen MR) is 75.1 cm³/mol. The maximum Gasteiger partial charge on any atom is 0.280 e. The molecular weight excluding hydrogens is 262 g/mol. The first kappa shape index (κ1) is 15.7. The maximum atomic E-state index is 11.1. The number of allylic oxidation sites excluding steroid dienone is 1. The number of ether oxygens (including phenoxy) is 2. The summed E-state index contributed by atoms with van der Waals surface area (Å²) >= 11 is 0. The molecular formula is C14H17NO5. The highest BCUT2D eigenvalue weighted by atomic mass is 16.6. The lowest BCUT2D eigenvalue weighted by Gasteiger charge is -2.14. The molecule has 6 nitrogen and oxygen atoms in total. The van der Waals surface area contributed by atoms with Crippen LogP contribution in [-0.4, -0.2) is 23.9 Å². The first-order valence-corrected chi connectivity index (χ1v) is 6.07. The van der Waals surface area contributed by atoms with Crippen LogP contribution in [0.2, 0.25) is 0 Å². The van der Waals surface area contributed by atoms with Crippen LogP contribution < -0.4 is 9.47 Å². The van der Waals surface area contributed by atoms with E-state index in [1.54, 1.807) is 0 Å². The van der Waals surface area contributed by atoms with Gasteiger partial charge in [0.05, 0.1) is 29.8 Å². The summed E-state index contributed by atoms with van der Waals surface area (Å²) in [5.41, 5.74) is 0.150. The summed E-state index contributed by atoms with van der Waals surface area (Å²) in [5, 5.41) is 11.1. The van der Waals surface area contributed by atoms with Gasteiger partial charge >= 0.3 is 0 Å². The van der Waals surface area contributed by atoms with Gasteiger partial charge in [-0.1, -0.05) is 0 Å². The topological polar surface area (TPSA) is 78.7 Å². The summed E-state index contributed by atoms with van der Waals surface area (Å²) in [7, 11) is 1.45. The average Bonchev–Trinajstić information content (AvgIpc) is 2.35. The highest BCUT2D eigenvalue weighted by Gasteiger charge is 2.19. The SMILES string of the molecule is COc1cc(/C=C/C(C)=O)c([N+](=O)[O-])cc1OC(C)C. The molecule has 1 rings (SSSR count). The molecule has 0 bridgehead atoms. The Labute approximate surface area is 117 Å². The molecule has 0 atom stereocenters. The van der Waals surface area contributed by atoms with Crippen molar-refractivity contribution >= 4 is 17.5 Å². The molecule has 0 aliphatic rings.